The first-order valence-corrected chi connectivity index (χ1v) is 7.76. The van der Waals surface area contributed by atoms with Crippen molar-refractivity contribution in [3.8, 4) is 5.75 Å². The quantitative estimate of drug-likeness (QED) is 0.700. The van der Waals surface area contributed by atoms with E-state index >= 15 is 0 Å². The minimum Gasteiger partial charge on any atom is -0.507 e. The number of rotatable bonds is 3. The number of aromatic hydroxyl groups is 1. The highest BCUT2D eigenvalue weighted by atomic mass is 35.5. The first-order chi connectivity index (χ1) is 10.1. The fourth-order valence-electron chi connectivity index (χ4n) is 2.13. The Bertz CT molecular complexity index is 807. The van der Waals surface area contributed by atoms with Gasteiger partial charge in [0.05, 0.1) is 10.7 Å². The minimum atomic E-state index is 0.287. The van der Waals surface area contributed by atoms with Crippen LogP contribution in [-0.2, 0) is 5.75 Å². The number of hydrogen-bond acceptors (Lipinski definition) is 4. The van der Waals surface area contributed by atoms with E-state index in [-0.39, 0.29) is 5.75 Å². The predicted octanol–water partition coefficient (Wildman–Crippen LogP) is 4.47. The monoisotopic (exact) mass is 316 g/mol. The molecule has 0 aliphatic heterocycles. The number of nitrogens with two attached hydrogens (primary N) is 1. The average molecular weight is 317 g/mol. The molecule has 0 unspecified atom stereocenters. The Hall–Kier alpha value is -1.91. The zero-order chi connectivity index (χ0) is 14.8. The summed E-state index contributed by atoms with van der Waals surface area (Å²) in [6.07, 6.45) is 0. The minimum absolute atomic E-state index is 0.287. The highest BCUT2D eigenvalue weighted by molar-refractivity contribution is 7.98. The molecule has 106 valence electrons. The van der Waals surface area contributed by atoms with Crippen molar-refractivity contribution in [2.45, 2.75) is 10.6 Å². The summed E-state index contributed by atoms with van der Waals surface area (Å²) in [5.41, 5.74) is 6.46. The third-order valence-corrected chi connectivity index (χ3v) is 4.59. The number of pyridine rings is 1. The van der Waals surface area contributed by atoms with Crippen LogP contribution >= 0.6 is 23.4 Å². The van der Waals surface area contributed by atoms with Gasteiger partial charge in [0.1, 0.15) is 11.6 Å². The Balaban J connectivity index is 1.92. The van der Waals surface area contributed by atoms with Crippen molar-refractivity contribution >= 4 is 40.0 Å². The smallest absolute Gasteiger partial charge is 0.123 e. The molecule has 0 aliphatic rings. The number of thioether (sulfide) groups is 1. The number of aromatic nitrogens is 1. The molecule has 0 radical (unpaired) electrons. The Labute approximate surface area is 131 Å². The average Bonchev–Trinajstić information content (AvgIpc) is 2.50. The molecule has 5 heteroatoms. The van der Waals surface area contributed by atoms with E-state index in [1.54, 1.807) is 30.0 Å². The Morgan fingerprint density at radius 3 is 2.62 bits per heavy atom. The predicted molar refractivity (Wildman–Crippen MR) is 88.8 cm³/mol. The zero-order valence-corrected chi connectivity index (χ0v) is 12.7. The SMILES string of the molecule is Nc1ccc(Cl)c(CSc2ccc(O)c3ccccc23)n1. The number of nitrogen functional groups attached to an aromatic ring is 1. The van der Waals surface area contributed by atoms with Gasteiger partial charge < -0.3 is 10.8 Å². The fourth-order valence-corrected chi connectivity index (χ4v) is 3.39. The third-order valence-electron chi connectivity index (χ3n) is 3.17. The lowest BCUT2D eigenvalue weighted by Gasteiger charge is -2.08. The van der Waals surface area contributed by atoms with Gasteiger partial charge in [0, 0.05) is 16.0 Å². The van der Waals surface area contributed by atoms with Crippen LogP contribution in [0.4, 0.5) is 5.82 Å². The number of anilines is 1. The van der Waals surface area contributed by atoms with Gasteiger partial charge in [-0.25, -0.2) is 4.98 Å². The molecule has 0 amide bonds. The van der Waals surface area contributed by atoms with E-state index in [0.29, 0.717) is 16.6 Å². The lowest BCUT2D eigenvalue weighted by Crippen LogP contribution is -1.95. The third kappa shape index (κ3) is 2.91. The number of nitrogens with zero attached hydrogens (tertiary/aromatic N) is 1. The molecule has 1 aromatic heterocycles. The standard InChI is InChI=1S/C16H13ClN2OS/c17-12-5-8-16(18)19-13(12)9-21-15-7-6-14(20)10-3-1-2-4-11(10)15/h1-8,20H,9H2,(H2,18,19). The van der Waals surface area contributed by atoms with E-state index in [9.17, 15) is 5.11 Å². The molecule has 3 nitrogen and oxygen atoms in total. The van der Waals surface area contributed by atoms with Crippen LogP contribution in [0.2, 0.25) is 5.02 Å². The molecule has 3 rings (SSSR count). The van der Waals surface area contributed by atoms with E-state index in [2.05, 4.69) is 4.98 Å². The topological polar surface area (TPSA) is 59.1 Å². The molecule has 0 aliphatic carbocycles. The fraction of sp³-hybridized carbons (Fsp3) is 0.0625. The van der Waals surface area contributed by atoms with Crippen LogP contribution < -0.4 is 5.73 Å². The van der Waals surface area contributed by atoms with Gasteiger partial charge in [0.25, 0.3) is 0 Å². The molecule has 3 N–H and O–H groups in total. The molecule has 1 heterocycles. The van der Waals surface area contributed by atoms with Crippen LogP contribution in [0.5, 0.6) is 5.75 Å². The van der Waals surface area contributed by atoms with Crippen molar-refractivity contribution in [2.24, 2.45) is 0 Å². The lowest BCUT2D eigenvalue weighted by atomic mass is 10.1. The molecule has 0 saturated heterocycles. The maximum Gasteiger partial charge on any atom is 0.123 e. The second-order valence-corrected chi connectivity index (χ2v) is 6.01. The number of phenolic OH excluding ortho intramolecular Hbond substituents is 1. The van der Waals surface area contributed by atoms with Crippen LogP contribution in [0.25, 0.3) is 10.8 Å². The van der Waals surface area contributed by atoms with Crippen molar-refractivity contribution in [1.29, 1.82) is 0 Å². The number of halogens is 1. The normalized spacial score (nSPS) is 10.9. The Morgan fingerprint density at radius 1 is 1.05 bits per heavy atom. The summed E-state index contributed by atoms with van der Waals surface area (Å²) >= 11 is 7.76. The van der Waals surface area contributed by atoms with Crippen molar-refractivity contribution in [3.05, 3.63) is 59.2 Å². The Kier molecular flexibility index (Phi) is 3.90. The summed E-state index contributed by atoms with van der Waals surface area (Å²) in [4.78, 5) is 5.33. The van der Waals surface area contributed by atoms with Gasteiger partial charge in [-0.15, -0.1) is 11.8 Å². The summed E-state index contributed by atoms with van der Waals surface area (Å²) in [5, 5.41) is 12.4. The van der Waals surface area contributed by atoms with E-state index in [1.165, 1.54) is 0 Å². The highest BCUT2D eigenvalue weighted by Gasteiger charge is 2.08. The number of benzene rings is 2. The molecular formula is C16H13ClN2OS. The molecule has 0 saturated carbocycles. The maximum atomic E-state index is 9.90. The molecule has 3 aromatic rings. The number of fused-ring (bicyclic) bond motifs is 1. The molecule has 0 spiro atoms. The first kappa shape index (κ1) is 14.0. The molecule has 0 fully saturated rings. The molecule has 2 aromatic carbocycles. The van der Waals surface area contributed by atoms with E-state index in [4.69, 9.17) is 17.3 Å². The van der Waals surface area contributed by atoms with Crippen molar-refractivity contribution < 1.29 is 5.11 Å². The van der Waals surface area contributed by atoms with Gasteiger partial charge in [-0.2, -0.15) is 0 Å². The molecule has 0 bridgehead atoms. The van der Waals surface area contributed by atoms with E-state index in [1.807, 2.05) is 30.3 Å². The van der Waals surface area contributed by atoms with Crippen LogP contribution in [0.3, 0.4) is 0 Å². The van der Waals surface area contributed by atoms with E-state index in [0.717, 1.165) is 21.4 Å². The van der Waals surface area contributed by atoms with Crippen LogP contribution in [0.1, 0.15) is 5.69 Å². The maximum absolute atomic E-state index is 9.90. The Morgan fingerprint density at radius 2 is 1.81 bits per heavy atom. The number of hydrogen-bond donors (Lipinski definition) is 2. The van der Waals surface area contributed by atoms with E-state index < -0.39 is 0 Å². The summed E-state index contributed by atoms with van der Waals surface area (Å²) in [7, 11) is 0. The first-order valence-electron chi connectivity index (χ1n) is 6.39. The summed E-state index contributed by atoms with van der Waals surface area (Å²) < 4.78 is 0. The highest BCUT2D eigenvalue weighted by Crippen LogP contribution is 2.35. The molecule has 0 atom stereocenters. The second kappa shape index (κ2) is 5.84. The largest absolute Gasteiger partial charge is 0.507 e. The molecular weight excluding hydrogens is 304 g/mol. The summed E-state index contributed by atoms with van der Waals surface area (Å²) in [6.45, 7) is 0. The van der Waals surface area contributed by atoms with Gasteiger partial charge in [-0.3, -0.25) is 0 Å². The van der Waals surface area contributed by atoms with Gasteiger partial charge in [0.15, 0.2) is 0 Å². The van der Waals surface area contributed by atoms with Crippen LogP contribution in [0.15, 0.2) is 53.4 Å². The van der Waals surface area contributed by atoms with Crippen LogP contribution in [-0.4, -0.2) is 10.1 Å². The lowest BCUT2D eigenvalue weighted by molar-refractivity contribution is 0.481. The van der Waals surface area contributed by atoms with Crippen LogP contribution in [0, 0.1) is 0 Å². The van der Waals surface area contributed by atoms with Crippen molar-refractivity contribution in [2.75, 3.05) is 5.73 Å². The number of phenols is 1. The van der Waals surface area contributed by atoms with Crippen molar-refractivity contribution in [3.63, 3.8) is 0 Å². The van der Waals surface area contributed by atoms with Gasteiger partial charge in [-0.05, 0) is 29.7 Å². The van der Waals surface area contributed by atoms with Gasteiger partial charge in [0.2, 0.25) is 0 Å². The second-order valence-electron chi connectivity index (χ2n) is 4.58. The van der Waals surface area contributed by atoms with Gasteiger partial charge in [-0.1, -0.05) is 35.9 Å². The summed E-state index contributed by atoms with van der Waals surface area (Å²) in [6, 6.07) is 14.8. The van der Waals surface area contributed by atoms with Crippen molar-refractivity contribution in [1.82, 2.24) is 4.98 Å². The summed E-state index contributed by atoms with van der Waals surface area (Å²) in [5.74, 6) is 1.37. The van der Waals surface area contributed by atoms with Gasteiger partial charge >= 0.3 is 0 Å². The molecule has 21 heavy (non-hydrogen) atoms. The zero-order valence-electron chi connectivity index (χ0n) is 11.1.